The zero-order chi connectivity index (χ0) is 25.6. The lowest BCUT2D eigenvalue weighted by atomic mass is 10.1. The summed E-state index contributed by atoms with van der Waals surface area (Å²) in [5.41, 5.74) is 1.63. The van der Waals surface area contributed by atoms with Crippen LogP contribution in [-0.4, -0.2) is 44.0 Å². The van der Waals surface area contributed by atoms with Crippen LogP contribution in [0.3, 0.4) is 0 Å². The van der Waals surface area contributed by atoms with Crippen molar-refractivity contribution < 1.29 is 32.1 Å². The van der Waals surface area contributed by atoms with Crippen molar-refractivity contribution in [1.82, 2.24) is 0 Å². The van der Waals surface area contributed by atoms with E-state index in [2.05, 4.69) is 4.72 Å². The van der Waals surface area contributed by atoms with Crippen molar-refractivity contribution in [2.75, 3.05) is 40.3 Å². The molecule has 186 valence electrons. The number of hydrogen-bond acceptors (Lipinski definition) is 7. The molecule has 0 fully saturated rings. The molecule has 0 aromatic heterocycles. The fourth-order valence-corrected chi connectivity index (χ4v) is 4.74. The summed E-state index contributed by atoms with van der Waals surface area (Å²) in [5, 5.41) is 0.305. The third kappa shape index (κ3) is 5.93. The van der Waals surface area contributed by atoms with Crippen LogP contribution < -0.4 is 28.4 Å². The first-order chi connectivity index (χ1) is 16.8. The van der Waals surface area contributed by atoms with Gasteiger partial charge in [-0.2, -0.15) is 0 Å². The summed E-state index contributed by atoms with van der Waals surface area (Å²) in [4.78, 5) is 0.0180. The third-order valence-electron chi connectivity index (χ3n) is 5.01. The van der Waals surface area contributed by atoms with E-state index in [1.807, 2.05) is 6.08 Å². The number of methoxy groups -OCH3 is 5. The summed E-state index contributed by atoms with van der Waals surface area (Å²) in [7, 11) is 3.57. The van der Waals surface area contributed by atoms with Crippen LogP contribution in [-0.2, 0) is 10.0 Å². The Hall–Kier alpha value is -3.56. The molecule has 0 radical (unpaired) electrons. The zero-order valence-corrected chi connectivity index (χ0v) is 21.5. The fourth-order valence-electron chi connectivity index (χ4n) is 3.39. The molecule has 3 aromatic rings. The largest absolute Gasteiger partial charge is 0.493 e. The Morgan fingerprint density at radius 2 is 1.23 bits per heavy atom. The normalized spacial score (nSPS) is 11.3. The highest BCUT2D eigenvalue weighted by molar-refractivity contribution is 7.92. The van der Waals surface area contributed by atoms with Gasteiger partial charge in [0.2, 0.25) is 5.75 Å². The molecule has 10 heteroatoms. The summed E-state index contributed by atoms with van der Waals surface area (Å²) >= 11 is 5.98. The lowest BCUT2D eigenvalue weighted by Gasteiger charge is -2.16. The molecule has 3 rings (SSSR count). The number of nitrogens with one attached hydrogen (secondary N) is 1. The van der Waals surface area contributed by atoms with Gasteiger partial charge in [-0.3, -0.25) is 4.72 Å². The second kappa shape index (κ2) is 11.2. The molecule has 0 aliphatic rings. The van der Waals surface area contributed by atoms with E-state index < -0.39 is 10.0 Å². The van der Waals surface area contributed by atoms with Crippen LogP contribution in [0.4, 0.5) is 5.69 Å². The summed E-state index contributed by atoms with van der Waals surface area (Å²) in [5.74, 6) is 2.09. The van der Waals surface area contributed by atoms with Crippen molar-refractivity contribution in [3.05, 3.63) is 64.7 Å². The molecule has 8 nitrogen and oxygen atoms in total. The number of ether oxygens (including phenoxy) is 5. The molecule has 0 bridgehead atoms. The Morgan fingerprint density at radius 1 is 0.714 bits per heavy atom. The Balaban J connectivity index is 2.03. The number of anilines is 1. The average Bonchev–Trinajstić information content (AvgIpc) is 2.86. The van der Waals surface area contributed by atoms with Gasteiger partial charge in [-0.05, 0) is 53.6 Å². The highest BCUT2D eigenvalue weighted by Gasteiger charge is 2.20. The lowest BCUT2D eigenvalue weighted by Crippen LogP contribution is -2.14. The Labute approximate surface area is 210 Å². The molecule has 0 saturated heterocycles. The van der Waals surface area contributed by atoms with E-state index in [1.54, 1.807) is 42.5 Å². The van der Waals surface area contributed by atoms with E-state index in [4.69, 9.17) is 35.3 Å². The lowest BCUT2D eigenvalue weighted by molar-refractivity contribution is 0.324. The van der Waals surface area contributed by atoms with Gasteiger partial charge in [0.1, 0.15) is 0 Å². The van der Waals surface area contributed by atoms with Gasteiger partial charge < -0.3 is 23.7 Å². The maximum Gasteiger partial charge on any atom is 0.262 e. The van der Waals surface area contributed by atoms with E-state index in [1.165, 1.54) is 47.7 Å². The van der Waals surface area contributed by atoms with Crippen LogP contribution in [0.2, 0.25) is 5.02 Å². The quantitative estimate of drug-likeness (QED) is 0.361. The average molecular weight is 520 g/mol. The predicted octanol–water partition coefficient (Wildman–Crippen LogP) is 5.35. The van der Waals surface area contributed by atoms with Crippen molar-refractivity contribution >= 4 is 39.5 Å². The molecule has 0 unspecified atom stereocenters. The molecule has 0 spiro atoms. The first-order valence-corrected chi connectivity index (χ1v) is 12.1. The molecule has 0 amide bonds. The van der Waals surface area contributed by atoms with Crippen molar-refractivity contribution in [3.8, 4) is 28.7 Å². The minimum Gasteiger partial charge on any atom is -0.493 e. The van der Waals surface area contributed by atoms with Crippen molar-refractivity contribution in [2.24, 2.45) is 0 Å². The Bertz CT molecular complexity index is 1310. The second-order valence-corrected chi connectivity index (χ2v) is 9.28. The highest BCUT2D eigenvalue weighted by Crippen LogP contribution is 2.40. The van der Waals surface area contributed by atoms with E-state index in [0.29, 0.717) is 33.6 Å². The SMILES string of the molecule is COc1cc(C=Cc2cc(OC)c(OC)c(OC)c2)cc(NS(=O)(=O)c2cccc(Cl)c2)c1OC. The maximum atomic E-state index is 13.0. The molecular weight excluding hydrogens is 494 g/mol. The monoisotopic (exact) mass is 519 g/mol. The van der Waals surface area contributed by atoms with Crippen LogP contribution in [0, 0.1) is 0 Å². The van der Waals surface area contributed by atoms with Crippen molar-refractivity contribution in [1.29, 1.82) is 0 Å². The van der Waals surface area contributed by atoms with Gasteiger partial charge in [0, 0.05) is 5.02 Å². The zero-order valence-electron chi connectivity index (χ0n) is 19.9. The molecule has 1 N–H and O–H groups in total. The van der Waals surface area contributed by atoms with Crippen LogP contribution in [0.1, 0.15) is 11.1 Å². The van der Waals surface area contributed by atoms with Crippen LogP contribution in [0.5, 0.6) is 28.7 Å². The number of halogens is 1. The Kier molecular flexibility index (Phi) is 8.37. The number of benzene rings is 3. The van der Waals surface area contributed by atoms with Gasteiger partial charge in [-0.1, -0.05) is 29.8 Å². The smallest absolute Gasteiger partial charge is 0.262 e. The first-order valence-electron chi connectivity index (χ1n) is 10.3. The molecule has 3 aromatic carbocycles. The predicted molar refractivity (Wildman–Crippen MR) is 137 cm³/mol. The molecule has 0 aliphatic heterocycles. The second-order valence-electron chi connectivity index (χ2n) is 7.16. The van der Waals surface area contributed by atoms with Gasteiger partial charge in [0.15, 0.2) is 23.0 Å². The van der Waals surface area contributed by atoms with E-state index in [9.17, 15) is 8.42 Å². The van der Waals surface area contributed by atoms with Crippen LogP contribution in [0.25, 0.3) is 12.2 Å². The van der Waals surface area contributed by atoms with Crippen LogP contribution >= 0.6 is 11.6 Å². The minimum absolute atomic E-state index is 0.0180. The first kappa shape index (κ1) is 26.1. The minimum atomic E-state index is -3.94. The summed E-state index contributed by atoms with van der Waals surface area (Å²) in [6, 6.07) is 12.9. The summed E-state index contributed by atoms with van der Waals surface area (Å²) in [6.45, 7) is 0. The third-order valence-corrected chi connectivity index (χ3v) is 6.61. The highest BCUT2D eigenvalue weighted by atomic mass is 35.5. The van der Waals surface area contributed by atoms with Crippen molar-refractivity contribution in [2.45, 2.75) is 4.90 Å². The molecule has 0 heterocycles. The molecular formula is C25H26ClNO7S. The molecule has 0 atom stereocenters. The number of sulfonamides is 1. The topological polar surface area (TPSA) is 92.3 Å². The summed E-state index contributed by atoms with van der Waals surface area (Å²) < 4.78 is 55.6. The van der Waals surface area contributed by atoms with Gasteiger partial charge in [0.25, 0.3) is 10.0 Å². The Morgan fingerprint density at radius 3 is 1.71 bits per heavy atom. The van der Waals surface area contributed by atoms with E-state index in [0.717, 1.165) is 5.56 Å². The van der Waals surface area contributed by atoms with Gasteiger partial charge >= 0.3 is 0 Å². The number of rotatable bonds is 10. The van der Waals surface area contributed by atoms with Gasteiger partial charge in [-0.15, -0.1) is 0 Å². The molecule has 0 aliphatic carbocycles. The maximum absolute atomic E-state index is 13.0. The molecule has 0 saturated carbocycles. The number of hydrogen-bond donors (Lipinski definition) is 1. The standard InChI is InChI=1S/C25H26ClNO7S/c1-30-21-12-16(9-10-17-13-22(31-2)25(34-5)23(14-17)32-3)11-20(24(21)33-4)27-35(28,29)19-8-6-7-18(26)15-19/h6-15,27H,1-5H3. The van der Waals surface area contributed by atoms with Gasteiger partial charge in [0.05, 0.1) is 46.1 Å². The fraction of sp³-hybridized carbons (Fsp3) is 0.200. The summed E-state index contributed by atoms with van der Waals surface area (Å²) in [6.07, 6.45) is 3.61. The van der Waals surface area contributed by atoms with E-state index >= 15 is 0 Å². The van der Waals surface area contributed by atoms with E-state index in [-0.39, 0.29) is 16.3 Å². The van der Waals surface area contributed by atoms with Gasteiger partial charge in [-0.25, -0.2) is 8.42 Å². The van der Waals surface area contributed by atoms with Crippen LogP contribution in [0.15, 0.2) is 53.4 Å². The molecule has 35 heavy (non-hydrogen) atoms. The van der Waals surface area contributed by atoms with Crippen molar-refractivity contribution in [3.63, 3.8) is 0 Å².